The molecule has 0 saturated carbocycles. The van der Waals surface area contributed by atoms with Crippen molar-refractivity contribution in [3.8, 4) is 11.5 Å². The molecule has 5 heteroatoms. The van der Waals surface area contributed by atoms with Crippen molar-refractivity contribution in [2.45, 2.75) is 52.0 Å². The Morgan fingerprint density at radius 1 is 1.13 bits per heavy atom. The average Bonchev–Trinajstić information content (AvgIpc) is 2.58. The maximum atomic E-state index is 12.7. The molecule has 1 amide bonds. The highest BCUT2D eigenvalue weighted by Crippen LogP contribution is 2.42. The van der Waals surface area contributed by atoms with E-state index < -0.39 is 0 Å². The van der Waals surface area contributed by atoms with Gasteiger partial charge >= 0.3 is 0 Å². The van der Waals surface area contributed by atoms with E-state index in [2.05, 4.69) is 12.2 Å². The fraction of sp³-hybridized carbons (Fsp3) is 0.611. The largest absolute Gasteiger partial charge is 0.486 e. The topological polar surface area (TPSA) is 50.8 Å². The molecular formula is C18H26N2O3. The lowest BCUT2D eigenvalue weighted by atomic mass is 10.0. The zero-order valence-corrected chi connectivity index (χ0v) is 14.1. The second-order valence-electron chi connectivity index (χ2n) is 6.17. The van der Waals surface area contributed by atoms with Crippen molar-refractivity contribution in [1.29, 1.82) is 0 Å². The highest BCUT2D eigenvalue weighted by atomic mass is 16.6. The van der Waals surface area contributed by atoms with E-state index in [0.717, 1.165) is 48.7 Å². The quantitative estimate of drug-likeness (QED) is 0.815. The molecule has 0 aromatic heterocycles. The summed E-state index contributed by atoms with van der Waals surface area (Å²) in [5.41, 5.74) is 1.89. The van der Waals surface area contributed by atoms with Crippen LogP contribution >= 0.6 is 0 Å². The number of hydrogen-bond donors (Lipinski definition) is 1. The van der Waals surface area contributed by atoms with Gasteiger partial charge in [-0.15, -0.1) is 0 Å². The second kappa shape index (κ2) is 7.11. The fourth-order valence-corrected chi connectivity index (χ4v) is 3.18. The van der Waals surface area contributed by atoms with Gasteiger partial charge in [0.15, 0.2) is 11.5 Å². The van der Waals surface area contributed by atoms with Crippen molar-refractivity contribution < 1.29 is 14.3 Å². The van der Waals surface area contributed by atoms with Gasteiger partial charge in [0.05, 0.1) is 11.4 Å². The Morgan fingerprint density at radius 3 is 2.57 bits per heavy atom. The minimum absolute atomic E-state index is 0.156. The number of nitrogens with zero attached hydrogens (tertiary/aromatic N) is 1. The molecule has 3 rings (SSSR count). The van der Waals surface area contributed by atoms with Gasteiger partial charge in [-0.1, -0.05) is 33.1 Å². The van der Waals surface area contributed by atoms with Gasteiger partial charge in [0.1, 0.15) is 19.3 Å². The lowest BCUT2D eigenvalue weighted by molar-refractivity contribution is -0.119. The molecule has 1 unspecified atom stereocenters. The summed E-state index contributed by atoms with van der Waals surface area (Å²) in [6.07, 6.45) is 5.38. The van der Waals surface area contributed by atoms with Gasteiger partial charge in [-0.2, -0.15) is 0 Å². The van der Waals surface area contributed by atoms with Crippen molar-refractivity contribution in [3.05, 3.63) is 12.1 Å². The first-order valence-corrected chi connectivity index (χ1v) is 8.76. The maximum absolute atomic E-state index is 12.7. The van der Waals surface area contributed by atoms with Crippen LogP contribution in [-0.2, 0) is 4.79 Å². The SMILES string of the molecule is CCCCCCN1C(=O)C(CC)Nc2cc3c(cc21)OCCO3. The predicted octanol–water partition coefficient (Wildman–Crippen LogP) is 3.58. The van der Waals surface area contributed by atoms with Crippen molar-refractivity contribution in [2.75, 3.05) is 30.0 Å². The van der Waals surface area contributed by atoms with Gasteiger partial charge in [0.25, 0.3) is 0 Å². The Balaban J connectivity index is 1.87. The molecule has 1 aromatic carbocycles. The normalized spacial score (nSPS) is 19.3. The standard InChI is InChI=1S/C18H26N2O3/c1-3-5-6-7-8-20-15-12-17-16(22-9-10-23-17)11-14(15)19-13(4-2)18(20)21/h11-13,19H,3-10H2,1-2H3. The highest BCUT2D eigenvalue weighted by molar-refractivity contribution is 6.05. The van der Waals surface area contributed by atoms with E-state index in [1.165, 1.54) is 12.8 Å². The summed E-state index contributed by atoms with van der Waals surface area (Å²) in [5, 5.41) is 3.35. The van der Waals surface area contributed by atoms with Crippen LogP contribution in [0.25, 0.3) is 0 Å². The summed E-state index contributed by atoms with van der Waals surface area (Å²) < 4.78 is 11.3. The third-order valence-electron chi connectivity index (χ3n) is 4.49. The molecule has 0 fully saturated rings. The molecule has 2 heterocycles. The summed E-state index contributed by atoms with van der Waals surface area (Å²) in [5.74, 6) is 1.66. The van der Waals surface area contributed by atoms with Crippen LogP contribution in [0.4, 0.5) is 11.4 Å². The summed E-state index contributed by atoms with van der Waals surface area (Å²) in [4.78, 5) is 14.7. The molecular weight excluding hydrogens is 292 g/mol. The third kappa shape index (κ3) is 3.23. The van der Waals surface area contributed by atoms with Crippen LogP contribution in [0.15, 0.2) is 12.1 Å². The van der Waals surface area contributed by atoms with E-state index >= 15 is 0 Å². The van der Waals surface area contributed by atoms with Crippen molar-refractivity contribution in [1.82, 2.24) is 0 Å². The van der Waals surface area contributed by atoms with Crippen LogP contribution < -0.4 is 19.7 Å². The van der Waals surface area contributed by atoms with Crippen molar-refractivity contribution in [2.24, 2.45) is 0 Å². The molecule has 1 aromatic rings. The van der Waals surface area contributed by atoms with Crippen molar-refractivity contribution in [3.63, 3.8) is 0 Å². The Labute approximate surface area is 137 Å². The molecule has 0 saturated heterocycles. The monoisotopic (exact) mass is 318 g/mol. The molecule has 2 aliphatic rings. The molecule has 23 heavy (non-hydrogen) atoms. The van der Waals surface area contributed by atoms with Gasteiger partial charge in [-0.25, -0.2) is 0 Å². The summed E-state index contributed by atoms with van der Waals surface area (Å²) in [6.45, 7) is 6.13. The van der Waals surface area contributed by atoms with Gasteiger partial charge in [-0.05, 0) is 12.8 Å². The van der Waals surface area contributed by atoms with E-state index in [1.54, 1.807) is 0 Å². The highest BCUT2D eigenvalue weighted by Gasteiger charge is 2.32. The maximum Gasteiger partial charge on any atom is 0.249 e. The van der Waals surface area contributed by atoms with E-state index in [4.69, 9.17) is 9.47 Å². The number of hydrogen-bond acceptors (Lipinski definition) is 4. The van der Waals surface area contributed by atoms with Crippen molar-refractivity contribution >= 4 is 17.3 Å². The minimum atomic E-state index is -0.156. The smallest absolute Gasteiger partial charge is 0.249 e. The number of rotatable bonds is 6. The first kappa shape index (κ1) is 16.0. The number of carbonyl (C=O) groups excluding carboxylic acids is 1. The van der Waals surface area contributed by atoms with Crippen LogP contribution in [0.5, 0.6) is 11.5 Å². The molecule has 126 valence electrons. The summed E-state index contributed by atoms with van der Waals surface area (Å²) >= 11 is 0. The van der Waals surface area contributed by atoms with Crippen LogP contribution in [0.1, 0.15) is 46.0 Å². The fourth-order valence-electron chi connectivity index (χ4n) is 3.18. The number of unbranched alkanes of at least 4 members (excludes halogenated alkanes) is 3. The number of benzene rings is 1. The zero-order valence-electron chi connectivity index (χ0n) is 14.1. The molecule has 5 nitrogen and oxygen atoms in total. The van der Waals surface area contributed by atoms with Gasteiger partial charge < -0.3 is 19.7 Å². The minimum Gasteiger partial charge on any atom is -0.486 e. The average molecular weight is 318 g/mol. The molecule has 1 atom stereocenters. The lowest BCUT2D eigenvalue weighted by Gasteiger charge is -2.36. The van der Waals surface area contributed by atoms with Gasteiger partial charge in [0, 0.05) is 18.7 Å². The molecule has 0 bridgehead atoms. The van der Waals surface area contributed by atoms with E-state index in [9.17, 15) is 4.79 Å². The van der Waals surface area contributed by atoms with Crippen LogP contribution in [0.3, 0.4) is 0 Å². The Morgan fingerprint density at radius 2 is 1.87 bits per heavy atom. The molecule has 0 spiro atoms. The first-order chi connectivity index (χ1) is 11.2. The Hall–Kier alpha value is -1.91. The first-order valence-electron chi connectivity index (χ1n) is 8.76. The number of anilines is 2. The van der Waals surface area contributed by atoms with Crippen LogP contribution in [0.2, 0.25) is 0 Å². The summed E-state index contributed by atoms with van der Waals surface area (Å²) in [7, 11) is 0. The number of nitrogens with one attached hydrogen (secondary N) is 1. The lowest BCUT2D eigenvalue weighted by Crippen LogP contribution is -2.47. The zero-order chi connectivity index (χ0) is 16.2. The third-order valence-corrected chi connectivity index (χ3v) is 4.49. The second-order valence-corrected chi connectivity index (χ2v) is 6.17. The molecule has 1 N–H and O–H groups in total. The molecule has 2 aliphatic heterocycles. The summed E-state index contributed by atoms with van der Waals surface area (Å²) in [6, 6.07) is 3.76. The molecule has 0 radical (unpaired) electrons. The number of carbonyl (C=O) groups is 1. The van der Waals surface area contributed by atoms with Crippen LogP contribution in [-0.4, -0.2) is 31.7 Å². The number of amides is 1. The predicted molar refractivity (Wildman–Crippen MR) is 91.6 cm³/mol. The number of ether oxygens (including phenoxy) is 2. The van der Waals surface area contributed by atoms with Gasteiger partial charge in [-0.3, -0.25) is 4.79 Å². The molecule has 0 aliphatic carbocycles. The number of fused-ring (bicyclic) bond motifs is 2. The van der Waals surface area contributed by atoms with E-state index in [0.29, 0.717) is 13.2 Å². The van der Waals surface area contributed by atoms with E-state index in [-0.39, 0.29) is 11.9 Å². The van der Waals surface area contributed by atoms with E-state index in [1.807, 2.05) is 24.0 Å². The van der Waals surface area contributed by atoms with Crippen LogP contribution in [0, 0.1) is 0 Å². The van der Waals surface area contributed by atoms with Gasteiger partial charge in [0.2, 0.25) is 5.91 Å². The Bertz CT molecular complexity index is 574. The Kier molecular flexibility index (Phi) is 4.94.